The van der Waals surface area contributed by atoms with Gasteiger partial charge in [0, 0.05) is 23.1 Å². The molecule has 1 fully saturated rings. The molecule has 0 radical (unpaired) electrons. The van der Waals surface area contributed by atoms with Crippen LogP contribution in [0.2, 0.25) is 0 Å². The topological polar surface area (TPSA) is 57.6 Å². The molecule has 0 saturated carbocycles. The monoisotopic (exact) mass is 339 g/mol. The summed E-state index contributed by atoms with van der Waals surface area (Å²) in [5, 5.41) is 9.35. The first-order chi connectivity index (χ1) is 9.48. The van der Waals surface area contributed by atoms with Gasteiger partial charge in [-0.3, -0.25) is 9.59 Å². The van der Waals surface area contributed by atoms with Crippen LogP contribution < -0.4 is 0 Å². The lowest BCUT2D eigenvalue weighted by Gasteiger charge is -2.38. The molecule has 1 aromatic carbocycles. The number of hydrogen-bond donors (Lipinski definition) is 1. The van der Waals surface area contributed by atoms with Crippen LogP contribution >= 0.6 is 15.9 Å². The van der Waals surface area contributed by atoms with Gasteiger partial charge in [-0.2, -0.15) is 0 Å². The Morgan fingerprint density at radius 3 is 2.25 bits per heavy atom. The van der Waals surface area contributed by atoms with Crippen molar-refractivity contribution in [2.45, 2.75) is 26.2 Å². The number of carbonyl (C=O) groups excluding carboxylic acids is 1. The van der Waals surface area contributed by atoms with Gasteiger partial charge in [0.25, 0.3) is 5.91 Å². The third kappa shape index (κ3) is 2.87. The first-order valence-electron chi connectivity index (χ1n) is 6.77. The zero-order chi connectivity index (χ0) is 14.8. The van der Waals surface area contributed by atoms with Gasteiger partial charge in [0.2, 0.25) is 0 Å². The highest BCUT2D eigenvalue weighted by Crippen LogP contribution is 2.35. The van der Waals surface area contributed by atoms with E-state index in [1.165, 1.54) is 0 Å². The third-order valence-electron chi connectivity index (χ3n) is 4.23. The molecule has 0 aliphatic carbocycles. The summed E-state index contributed by atoms with van der Waals surface area (Å²) in [5.74, 6) is -0.761. The van der Waals surface area contributed by atoms with Crippen LogP contribution in [0, 0.1) is 5.41 Å². The van der Waals surface area contributed by atoms with Gasteiger partial charge in [-0.05, 0) is 43.5 Å². The lowest BCUT2D eigenvalue weighted by molar-refractivity contribution is -0.152. The van der Waals surface area contributed by atoms with Crippen molar-refractivity contribution in [2.75, 3.05) is 13.1 Å². The molecular formula is C15H18BrNO3. The van der Waals surface area contributed by atoms with Crippen molar-refractivity contribution in [3.8, 4) is 0 Å². The smallest absolute Gasteiger partial charge is 0.309 e. The molecule has 108 valence electrons. The summed E-state index contributed by atoms with van der Waals surface area (Å²) >= 11 is 3.34. The quantitative estimate of drug-likeness (QED) is 0.920. The van der Waals surface area contributed by atoms with Crippen LogP contribution in [-0.2, 0) is 4.79 Å². The fourth-order valence-electron chi connectivity index (χ4n) is 2.63. The van der Waals surface area contributed by atoms with Crippen molar-refractivity contribution in [2.24, 2.45) is 5.41 Å². The molecule has 2 rings (SSSR count). The van der Waals surface area contributed by atoms with Gasteiger partial charge in [-0.1, -0.05) is 22.9 Å². The number of aliphatic carboxylic acids is 1. The molecule has 1 aliphatic heterocycles. The molecule has 0 unspecified atom stereocenters. The molecule has 1 saturated heterocycles. The summed E-state index contributed by atoms with van der Waals surface area (Å²) in [4.78, 5) is 25.5. The summed E-state index contributed by atoms with van der Waals surface area (Å²) < 4.78 is 0.934. The van der Waals surface area contributed by atoms with Crippen LogP contribution in [0.25, 0.3) is 0 Å². The standard InChI is InChI=1S/C15H18BrNO3/c1-2-15(14(19)20)7-9-17(10-8-15)13(18)11-3-5-12(16)6-4-11/h3-6H,2,7-10H2,1H3,(H,19,20). The predicted octanol–water partition coefficient (Wildman–Crippen LogP) is 3.17. The van der Waals surface area contributed by atoms with Gasteiger partial charge >= 0.3 is 5.97 Å². The lowest BCUT2D eigenvalue weighted by atomic mass is 9.76. The van der Waals surface area contributed by atoms with Gasteiger partial charge in [-0.25, -0.2) is 0 Å². The zero-order valence-corrected chi connectivity index (χ0v) is 13.0. The molecule has 1 aromatic rings. The Morgan fingerprint density at radius 1 is 1.25 bits per heavy atom. The SMILES string of the molecule is CCC1(C(=O)O)CCN(C(=O)c2ccc(Br)cc2)CC1. The number of benzene rings is 1. The van der Waals surface area contributed by atoms with E-state index in [1.54, 1.807) is 17.0 Å². The molecule has 0 atom stereocenters. The van der Waals surface area contributed by atoms with Crippen LogP contribution in [0.5, 0.6) is 0 Å². The van der Waals surface area contributed by atoms with Gasteiger partial charge in [0.1, 0.15) is 0 Å². The van der Waals surface area contributed by atoms with Gasteiger partial charge < -0.3 is 10.0 Å². The summed E-state index contributed by atoms with van der Waals surface area (Å²) in [6, 6.07) is 7.24. The minimum absolute atomic E-state index is 0.0207. The molecule has 0 spiro atoms. The summed E-state index contributed by atoms with van der Waals surface area (Å²) in [7, 11) is 0. The highest BCUT2D eigenvalue weighted by molar-refractivity contribution is 9.10. The van der Waals surface area contributed by atoms with Crippen molar-refractivity contribution in [1.82, 2.24) is 4.90 Å². The molecule has 1 aliphatic rings. The van der Waals surface area contributed by atoms with E-state index in [9.17, 15) is 14.7 Å². The number of halogens is 1. The maximum absolute atomic E-state index is 12.3. The van der Waals surface area contributed by atoms with E-state index in [0.29, 0.717) is 37.9 Å². The zero-order valence-electron chi connectivity index (χ0n) is 11.4. The Balaban J connectivity index is 2.05. The van der Waals surface area contributed by atoms with Crippen LogP contribution in [-0.4, -0.2) is 35.0 Å². The van der Waals surface area contributed by atoms with E-state index >= 15 is 0 Å². The molecule has 0 aromatic heterocycles. The highest BCUT2D eigenvalue weighted by Gasteiger charge is 2.40. The van der Waals surface area contributed by atoms with Crippen molar-refractivity contribution >= 4 is 27.8 Å². The van der Waals surface area contributed by atoms with Gasteiger partial charge in [-0.15, -0.1) is 0 Å². The Hall–Kier alpha value is -1.36. The highest BCUT2D eigenvalue weighted by atomic mass is 79.9. The molecule has 5 heteroatoms. The minimum Gasteiger partial charge on any atom is -0.481 e. The summed E-state index contributed by atoms with van der Waals surface area (Å²) in [5.41, 5.74) is -0.0104. The van der Waals surface area contributed by atoms with Crippen LogP contribution in [0.15, 0.2) is 28.7 Å². The summed E-state index contributed by atoms with van der Waals surface area (Å²) in [6.45, 7) is 2.92. The number of nitrogens with zero attached hydrogens (tertiary/aromatic N) is 1. The van der Waals surface area contributed by atoms with Crippen LogP contribution in [0.1, 0.15) is 36.5 Å². The fourth-order valence-corrected chi connectivity index (χ4v) is 2.90. The van der Waals surface area contributed by atoms with E-state index in [-0.39, 0.29) is 5.91 Å². The Labute approximate surface area is 126 Å². The number of likely N-dealkylation sites (tertiary alicyclic amines) is 1. The van der Waals surface area contributed by atoms with Gasteiger partial charge in [0.15, 0.2) is 0 Å². The van der Waals surface area contributed by atoms with E-state index in [4.69, 9.17) is 0 Å². The number of carboxylic acids is 1. The maximum atomic E-state index is 12.3. The molecule has 20 heavy (non-hydrogen) atoms. The number of piperidine rings is 1. The van der Waals surface area contributed by atoms with E-state index in [1.807, 2.05) is 19.1 Å². The lowest BCUT2D eigenvalue weighted by Crippen LogP contribution is -2.46. The molecular weight excluding hydrogens is 322 g/mol. The van der Waals surface area contributed by atoms with E-state index in [2.05, 4.69) is 15.9 Å². The fraction of sp³-hybridized carbons (Fsp3) is 0.467. The minimum atomic E-state index is -0.740. The second-order valence-electron chi connectivity index (χ2n) is 5.24. The Morgan fingerprint density at radius 2 is 1.80 bits per heavy atom. The molecule has 4 nitrogen and oxygen atoms in total. The first-order valence-corrected chi connectivity index (χ1v) is 7.56. The van der Waals surface area contributed by atoms with E-state index in [0.717, 1.165) is 4.47 Å². The van der Waals surface area contributed by atoms with E-state index < -0.39 is 11.4 Å². The second kappa shape index (κ2) is 5.95. The van der Waals surface area contributed by atoms with Crippen molar-refractivity contribution in [1.29, 1.82) is 0 Å². The normalized spacial score (nSPS) is 17.8. The number of rotatable bonds is 3. The molecule has 1 amide bonds. The number of carbonyl (C=O) groups is 2. The average molecular weight is 340 g/mol. The first kappa shape index (κ1) is 15.0. The van der Waals surface area contributed by atoms with Crippen molar-refractivity contribution < 1.29 is 14.7 Å². The largest absolute Gasteiger partial charge is 0.481 e. The average Bonchev–Trinajstić information content (AvgIpc) is 2.47. The molecule has 0 bridgehead atoms. The van der Waals surface area contributed by atoms with Crippen LogP contribution in [0.3, 0.4) is 0 Å². The number of hydrogen-bond acceptors (Lipinski definition) is 2. The van der Waals surface area contributed by atoms with Crippen LogP contribution in [0.4, 0.5) is 0 Å². The molecule has 1 N–H and O–H groups in total. The Bertz CT molecular complexity index is 504. The van der Waals surface area contributed by atoms with Crippen molar-refractivity contribution in [3.63, 3.8) is 0 Å². The summed E-state index contributed by atoms with van der Waals surface area (Å²) in [6.07, 6.45) is 1.67. The number of amides is 1. The molecule has 1 heterocycles. The van der Waals surface area contributed by atoms with Gasteiger partial charge in [0.05, 0.1) is 5.41 Å². The van der Waals surface area contributed by atoms with Crippen molar-refractivity contribution in [3.05, 3.63) is 34.3 Å². The maximum Gasteiger partial charge on any atom is 0.309 e. The third-order valence-corrected chi connectivity index (χ3v) is 4.76. The Kier molecular flexibility index (Phi) is 4.48. The second-order valence-corrected chi connectivity index (χ2v) is 6.15. The number of carboxylic acid groups (broad SMARTS) is 1. The predicted molar refractivity (Wildman–Crippen MR) is 79.6 cm³/mol.